The Balaban J connectivity index is 3.01. The molecule has 1 unspecified atom stereocenters. The van der Waals surface area contributed by atoms with Gasteiger partial charge in [-0.05, 0) is 0 Å². The number of hydrogen-bond donors (Lipinski definition) is 4. The van der Waals surface area contributed by atoms with Gasteiger partial charge in [0.15, 0.2) is 0 Å². The Hall–Kier alpha value is -1.23. The Bertz CT molecular complexity index is 229. The Morgan fingerprint density at radius 2 is 1.82 bits per heavy atom. The average molecular weight is 155 g/mol. The molecule has 0 bridgehead atoms. The summed E-state index contributed by atoms with van der Waals surface area (Å²) in [6, 6.07) is -0.299. The van der Waals surface area contributed by atoms with Gasteiger partial charge in [-0.2, -0.15) is 0 Å². The molecule has 11 heavy (non-hydrogen) atoms. The van der Waals surface area contributed by atoms with Crippen LogP contribution in [-0.4, -0.2) is 11.9 Å². The maximum atomic E-state index is 5.68. The van der Waals surface area contributed by atoms with E-state index in [1.807, 2.05) is 6.92 Å². The smallest absolute Gasteiger partial charge is 0.146 e. The minimum Gasteiger partial charge on any atom is -0.398 e. The SMILES string of the molecule is CC1C(N)=NC(N)=C(N)[C@@H]1N. The van der Waals surface area contributed by atoms with Gasteiger partial charge in [0.25, 0.3) is 0 Å². The molecule has 0 saturated carbocycles. The zero-order chi connectivity index (χ0) is 8.59. The lowest BCUT2D eigenvalue weighted by Crippen LogP contribution is -2.45. The van der Waals surface area contributed by atoms with Crippen LogP contribution in [0.5, 0.6) is 0 Å². The third-order valence-corrected chi connectivity index (χ3v) is 1.91. The fraction of sp³-hybridized carbons (Fsp3) is 0.500. The van der Waals surface area contributed by atoms with E-state index in [0.29, 0.717) is 11.5 Å². The highest BCUT2D eigenvalue weighted by Gasteiger charge is 2.24. The van der Waals surface area contributed by atoms with Crippen molar-refractivity contribution in [2.24, 2.45) is 33.8 Å². The monoisotopic (exact) mass is 155 g/mol. The van der Waals surface area contributed by atoms with Gasteiger partial charge in [0, 0.05) is 5.92 Å². The molecule has 0 amide bonds. The molecule has 5 heteroatoms. The van der Waals surface area contributed by atoms with Crippen LogP contribution in [0, 0.1) is 5.92 Å². The third-order valence-electron chi connectivity index (χ3n) is 1.91. The van der Waals surface area contributed by atoms with E-state index in [9.17, 15) is 0 Å². The number of nitrogens with zero attached hydrogens (tertiary/aromatic N) is 1. The Kier molecular flexibility index (Phi) is 1.74. The van der Waals surface area contributed by atoms with Crippen LogP contribution >= 0.6 is 0 Å². The second kappa shape index (κ2) is 2.43. The van der Waals surface area contributed by atoms with E-state index in [4.69, 9.17) is 22.9 Å². The van der Waals surface area contributed by atoms with Crippen molar-refractivity contribution >= 4 is 5.84 Å². The zero-order valence-electron chi connectivity index (χ0n) is 6.41. The standard InChI is InChI=1S/C6H13N5/c1-2-3(7)4(8)6(10)11-5(2)9/h2-3H,7-8,10H2,1H3,(H2,9,11)/t2?,3-/m1/s1. The van der Waals surface area contributed by atoms with Gasteiger partial charge in [0.1, 0.15) is 11.7 Å². The first-order valence-electron chi connectivity index (χ1n) is 3.38. The van der Waals surface area contributed by atoms with Crippen molar-refractivity contribution in [2.45, 2.75) is 13.0 Å². The van der Waals surface area contributed by atoms with E-state index >= 15 is 0 Å². The molecule has 0 fully saturated rings. The minimum absolute atomic E-state index is 0.0256. The second-order valence-electron chi connectivity index (χ2n) is 2.69. The largest absolute Gasteiger partial charge is 0.398 e. The molecule has 0 aromatic rings. The summed E-state index contributed by atoms with van der Waals surface area (Å²) in [6.45, 7) is 1.86. The summed E-state index contributed by atoms with van der Waals surface area (Å²) >= 11 is 0. The normalized spacial score (nSPS) is 32.0. The average Bonchev–Trinajstić information content (AvgIpc) is 1.97. The van der Waals surface area contributed by atoms with Gasteiger partial charge in [-0.15, -0.1) is 0 Å². The molecule has 0 aromatic heterocycles. The summed E-state index contributed by atoms with van der Waals surface area (Å²) in [5, 5.41) is 0. The lowest BCUT2D eigenvalue weighted by Gasteiger charge is -2.24. The van der Waals surface area contributed by atoms with Gasteiger partial charge in [0.05, 0.1) is 11.7 Å². The van der Waals surface area contributed by atoms with Gasteiger partial charge < -0.3 is 22.9 Å². The first kappa shape index (κ1) is 7.87. The molecule has 0 aliphatic carbocycles. The molecule has 8 N–H and O–H groups in total. The maximum Gasteiger partial charge on any atom is 0.146 e. The molecule has 1 heterocycles. The lowest BCUT2D eigenvalue weighted by atomic mass is 9.97. The minimum atomic E-state index is -0.299. The highest BCUT2D eigenvalue weighted by molar-refractivity contribution is 5.85. The number of amidine groups is 1. The Labute approximate surface area is 65.1 Å². The van der Waals surface area contributed by atoms with Crippen molar-refractivity contribution < 1.29 is 0 Å². The van der Waals surface area contributed by atoms with Crippen LogP contribution in [0.25, 0.3) is 0 Å². The molecule has 5 nitrogen and oxygen atoms in total. The van der Waals surface area contributed by atoms with Crippen molar-refractivity contribution in [3.8, 4) is 0 Å². The molecule has 1 aliphatic heterocycles. The second-order valence-corrected chi connectivity index (χ2v) is 2.69. The van der Waals surface area contributed by atoms with Crippen molar-refractivity contribution in [1.29, 1.82) is 0 Å². The number of rotatable bonds is 0. The van der Waals surface area contributed by atoms with E-state index in [2.05, 4.69) is 4.99 Å². The quantitative estimate of drug-likeness (QED) is 0.337. The van der Waals surface area contributed by atoms with E-state index in [1.165, 1.54) is 0 Å². The lowest BCUT2D eigenvalue weighted by molar-refractivity contribution is 0.603. The van der Waals surface area contributed by atoms with Crippen molar-refractivity contribution in [3.05, 3.63) is 11.5 Å². The third kappa shape index (κ3) is 1.14. The molecule has 2 atom stereocenters. The van der Waals surface area contributed by atoms with Gasteiger partial charge in [-0.3, -0.25) is 0 Å². The van der Waals surface area contributed by atoms with Crippen molar-refractivity contribution in [3.63, 3.8) is 0 Å². The number of hydrogen-bond acceptors (Lipinski definition) is 5. The van der Waals surface area contributed by atoms with Crippen LogP contribution in [0.15, 0.2) is 16.5 Å². The number of aliphatic imine (C=N–C) groups is 1. The molecule has 0 spiro atoms. The molecular weight excluding hydrogens is 142 g/mol. The summed E-state index contributed by atoms with van der Waals surface area (Å²) in [7, 11) is 0. The van der Waals surface area contributed by atoms with Crippen LogP contribution < -0.4 is 22.9 Å². The van der Waals surface area contributed by atoms with Crippen LogP contribution in [0.1, 0.15) is 6.92 Å². The fourth-order valence-electron chi connectivity index (χ4n) is 0.930. The summed E-state index contributed by atoms with van der Waals surface area (Å²) in [4.78, 5) is 3.84. The van der Waals surface area contributed by atoms with Gasteiger partial charge in [-0.1, -0.05) is 6.92 Å². The van der Waals surface area contributed by atoms with Crippen molar-refractivity contribution in [1.82, 2.24) is 0 Å². The predicted molar refractivity (Wildman–Crippen MR) is 44.2 cm³/mol. The molecular formula is C6H13N5. The van der Waals surface area contributed by atoms with E-state index < -0.39 is 0 Å². The maximum absolute atomic E-state index is 5.68. The topological polar surface area (TPSA) is 116 Å². The van der Waals surface area contributed by atoms with Crippen LogP contribution in [0.4, 0.5) is 0 Å². The highest BCUT2D eigenvalue weighted by atomic mass is 15.0. The summed E-state index contributed by atoms with van der Waals surface area (Å²) < 4.78 is 0. The van der Waals surface area contributed by atoms with Crippen molar-refractivity contribution in [2.75, 3.05) is 0 Å². The van der Waals surface area contributed by atoms with E-state index in [0.717, 1.165) is 0 Å². The Morgan fingerprint density at radius 1 is 1.27 bits per heavy atom. The first-order chi connectivity index (χ1) is 5.04. The fourth-order valence-corrected chi connectivity index (χ4v) is 0.930. The van der Waals surface area contributed by atoms with Gasteiger partial charge in [-0.25, -0.2) is 4.99 Å². The summed E-state index contributed by atoms with van der Waals surface area (Å²) in [5.41, 5.74) is 22.6. The molecule has 0 aromatic carbocycles. The van der Waals surface area contributed by atoms with Crippen LogP contribution in [0.2, 0.25) is 0 Å². The molecule has 0 saturated heterocycles. The van der Waals surface area contributed by atoms with Crippen LogP contribution in [-0.2, 0) is 0 Å². The highest BCUT2D eigenvalue weighted by Crippen LogP contribution is 2.14. The van der Waals surface area contributed by atoms with Crippen LogP contribution in [0.3, 0.4) is 0 Å². The molecule has 1 aliphatic rings. The zero-order valence-corrected chi connectivity index (χ0v) is 6.41. The van der Waals surface area contributed by atoms with E-state index in [1.54, 1.807) is 0 Å². The molecule has 62 valence electrons. The predicted octanol–water partition coefficient (Wildman–Crippen LogP) is -1.59. The Morgan fingerprint density at radius 3 is 2.36 bits per heavy atom. The first-order valence-corrected chi connectivity index (χ1v) is 3.38. The van der Waals surface area contributed by atoms with Gasteiger partial charge in [0.2, 0.25) is 0 Å². The van der Waals surface area contributed by atoms with Gasteiger partial charge >= 0.3 is 0 Å². The molecule has 1 rings (SSSR count). The summed E-state index contributed by atoms with van der Waals surface area (Å²) in [6.07, 6.45) is 0. The summed E-state index contributed by atoms with van der Waals surface area (Å²) in [5.74, 6) is 0.666. The number of nitrogens with two attached hydrogens (primary N) is 4. The van der Waals surface area contributed by atoms with E-state index in [-0.39, 0.29) is 17.8 Å². The molecule has 0 radical (unpaired) electrons.